The Kier molecular flexibility index (Phi) is 2.61. The molecule has 0 aromatic carbocycles. The minimum Gasteiger partial charge on any atom is -0.479 e. The van der Waals surface area contributed by atoms with E-state index in [-0.39, 0.29) is 18.0 Å². The average molecular weight is 194 g/mol. The van der Waals surface area contributed by atoms with Crippen molar-refractivity contribution in [2.45, 2.75) is 24.5 Å². The largest absolute Gasteiger partial charge is 0.479 e. The molecule has 1 spiro atoms. The first-order chi connectivity index (χ1) is 5.22. The summed E-state index contributed by atoms with van der Waals surface area (Å²) < 4.78 is 5.38. The average Bonchev–Trinajstić information content (AvgIpc) is 2.28. The zero-order valence-electron chi connectivity index (χ0n) is 6.58. The van der Waals surface area contributed by atoms with Crippen LogP contribution in [0.3, 0.4) is 0 Å². The van der Waals surface area contributed by atoms with Gasteiger partial charge in [-0.25, -0.2) is 4.79 Å². The summed E-state index contributed by atoms with van der Waals surface area (Å²) in [4.78, 5) is 10.5. The van der Waals surface area contributed by atoms with Gasteiger partial charge in [-0.15, -0.1) is 12.4 Å². The van der Waals surface area contributed by atoms with Crippen molar-refractivity contribution in [1.82, 2.24) is 5.32 Å². The van der Waals surface area contributed by atoms with Gasteiger partial charge < -0.3 is 15.2 Å². The molecule has 1 unspecified atom stereocenters. The maximum Gasteiger partial charge on any atom is 0.332 e. The second-order valence-corrected chi connectivity index (χ2v) is 3.27. The summed E-state index contributed by atoms with van der Waals surface area (Å²) in [6, 6.07) is 0. The molecule has 0 saturated carbocycles. The predicted molar refractivity (Wildman–Crippen MR) is 44.6 cm³/mol. The van der Waals surface area contributed by atoms with E-state index >= 15 is 0 Å². The molecule has 4 nitrogen and oxygen atoms in total. The number of carbonyl (C=O) groups is 1. The Morgan fingerprint density at radius 3 is 2.50 bits per heavy atom. The summed E-state index contributed by atoms with van der Waals surface area (Å²) in [5.74, 6) is -0.825. The molecule has 2 heterocycles. The van der Waals surface area contributed by atoms with Crippen molar-refractivity contribution in [2.75, 3.05) is 13.1 Å². The summed E-state index contributed by atoms with van der Waals surface area (Å²) in [7, 11) is 0. The normalized spacial score (nSPS) is 30.8. The van der Waals surface area contributed by atoms with Gasteiger partial charge in [0.2, 0.25) is 0 Å². The first-order valence-electron chi connectivity index (χ1n) is 3.83. The van der Waals surface area contributed by atoms with E-state index in [1.54, 1.807) is 0 Å². The highest BCUT2D eigenvalue weighted by Gasteiger charge is 2.47. The Bertz CT molecular complexity index is 193. The third-order valence-corrected chi connectivity index (χ3v) is 2.42. The second-order valence-electron chi connectivity index (χ2n) is 3.27. The van der Waals surface area contributed by atoms with Gasteiger partial charge in [0.25, 0.3) is 0 Å². The molecule has 5 heteroatoms. The minimum atomic E-state index is -0.825. The zero-order valence-corrected chi connectivity index (χ0v) is 7.39. The molecule has 2 rings (SSSR count). The van der Waals surface area contributed by atoms with Crippen LogP contribution >= 0.6 is 12.4 Å². The number of aliphatic carboxylic acids is 1. The van der Waals surface area contributed by atoms with Crippen LogP contribution in [0.4, 0.5) is 0 Å². The van der Waals surface area contributed by atoms with Crippen LogP contribution in [-0.4, -0.2) is 35.9 Å². The van der Waals surface area contributed by atoms with Gasteiger partial charge in [-0.3, -0.25) is 0 Å². The van der Waals surface area contributed by atoms with Gasteiger partial charge in [-0.1, -0.05) is 0 Å². The van der Waals surface area contributed by atoms with E-state index in [1.807, 2.05) is 0 Å². The molecule has 0 amide bonds. The first kappa shape index (κ1) is 9.77. The fraction of sp³-hybridized carbons (Fsp3) is 0.857. The van der Waals surface area contributed by atoms with Gasteiger partial charge in [0.1, 0.15) is 0 Å². The molecule has 12 heavy (non-hydrogen) atoms. The lowest BCUT2D eigenvalue weighted by Gasteiger charge is -2.38. The van der Waals surface area contributed by atoms with Crippen LogP contribution < -0.4 is 5.32 Å². The van der Waals surface area contributed by atoms with Crippen LogP contribution in [0, 0.1) is 0 Å². The molecule has 2 aliphatic rings. The topological polar surface area (TPSA) is 58.6 Å². The number of ether oxygens (including phenoxy) is 1. The highest BCUT2D eigenvalue weighted by atomic mass is 35.5. The Morgan fingerprint density at radius 2 is 2.25 bits per heavy atom. The minimum absolute atomic E-state index is 0. The monoisotopic (exact) mass is 193 g/mol. The van der Waals surface area contributed by atoms with E-state index in [0.29, 0.717) is 6.42 Å². The maximum atomic E-state index is 10.5. The molecule has 2 aliphatic heterocycles. The Labute approximate surface area is 76.7 Å². The standard InChI is InChI=1S/C7H11NO3.ClH/c9-6(10)5-1-2-7(11-5)3-8-4-7;/h5,8H,1-4H2,(H,9,10);1H. The predicted octanol–water partition coefficient (Wildman–Crippen LogP) is 0.0138. The maximum absolute atomic E-state index is 10.5. The molecule has 2 N–H and O–H groups in total. The second kappa shape index (κ2) is 3.20. The number of rotatable bonds is 1. The van der Waals surface area contributed by atoms with E-state index in [9.17, 15) is 4.79 Å². The lowest BCUT2D eigenvalue weighted by molar-refractivity contribution is -0.157. The SMILES string of the molecule is Cl.O=C(O)C1CCC2(CNC2)O1. The summed E-state index contributed by atoms with van der Waals surface area (Å²) in [5.41, 5.74) is -0.122. The summed E-state index contributed by atoms with van der Waals surface area (Å²) >= 11 is 0. The van der Waals surface area contributed by atoms with E-state index in [2.05, 4.69) is 5.32 Å². The van der Waals surface area contributed by atoms with Gasteiger partial charge in [0.15, 0.2) is 6.10 Å². The lowest BCUT2D eigenvalue weighted by Crippen LogP contribution is -2.59. The van der Waals surface area contributed by atoms with Crippen molar-refractivity contribution >= 4 is 18.4 Å². The molecule has 2 fully saturated rings. The Balaban J connectivity index is 0.000000720. The van der Waals surface area contributed by atoms with Gasteiger partial charge in [0, 0.05) is 13.1 Å². The molecule has 2 saturated heterocycles. The molecule has 0 bridgehead atoms. The van der Waals surface area contributed by atoms with Crippen molar-refractivity contribution in [3.8, 4) is 0 Å². The van der Waals surface area contributed by atoms with E-state index in [0.717, 1.165) is 19.5 Å². The third kappa shape index (κ3) is 1.42. The van der Waals surface area contributed by atoms with Crippen LogP contribution in [0.5, 0.6) is 0 Å². The molecular weight excluding hydrogens is 182 g/mol. The molecule has 1 atom stereocenters. The number of nitrogens with one attached hydrogen (secondary N) is 1. The number of carboxylic acids is 1. The first-order valence-corrected chi connectivity index (χ1v) is 3.83. The fourth-order valence-corrected chi connectivity index (χ4v) is 1.65. The summed E-state index contributed by atoms with van der Waals surface area (Å²) in [6.45, 7) is 1.63. The molecule has 0 aromatic rings. The molecule has 0 aliphatic carbocycles. The van der Waals surface area contributed by atoms with Gasteiger partial charge in [0.05, 0.1) is 5.60 Å². The smallest absolute Gasteiger partial charge is 0.332 e. The number of carboxylic acid groups (broad SMARTS) is 1. The molecule has 0 radical (unpaired) electrons. The van der Waals surface area contributed by atoms with Crippen LogP contribution in [0.1, 0.15) is 12.8 Å². The van der Waals surface area contributed by atoms with Crippen LogP contribution in [0.2, 0.25) is 0 Å². The Hall–Kier alpha value is -0.320. The number of hydrogen-bond acceptors (Lipinski definition) is 3. The summed E-state index contributed by atoms with van der Waals surface area (Å²) in [6.07, 6.45) is 0.991. The number of hydrogen-bond donors (Lipinski definition) is 2. The molecule has 0 aromatic heterocycles. The summed E-state index contributed by atoms with van der Waals surface area (Å²) in [5, 5.41) is 11.7. The van der Waals surface area contributed by atoms with E-state index in [1.165, 1.54) is 0 Å². The van der Waals surface area contributed by atoms with Crippen LogP contribution in [-0.2, 0) is 9.53 Å². The lowest BCUT2D eigenvalue weighted by atomic mass is 9.93. The van der Waals surface area contributed by atoms with E-state index < -0.39 is 12.1 Å². The molecular formula is C7H12ClNO3. The highest BCUT2D eigenvalue weighted by molar-refractivity contribution is 5.85. The van der Waals surface area contributed by atoms with Gasteiger partial charge >= 0.3 is 5.97 Å². The molecule has 70 valence electrons. The van der Waals surface area contributed by atoms with Crippen molar-refractivity contribution in [2.24, 2.45) is 0 Å². The highest BCUT2D eigenvalue weighted by Crippen LogP contribution is 2.33. The van der Waals surface area contributed by atoms with E-state index in [4.69, 9.17) is 9.84 Å². The van der Waals surface area contributed by atoms with Gasteiger partial charge in [-0.2, -0.15) is 0 Å². The Morgan fingerprint density at radius 1 is 1.58 bits per heavy atom. The van der Waals surface area contributed by atoms with Crippen molar-refractivity contribution in [1.29, 1.82) is 0 Å². The van der Waals surface area contributed by atoms with Crippen LogP contribution in [0.25, 0.3) is 0 Å². The fourth-order valence-electron chi connectivity index (χ4n) is 1.65. The van der Waals surface area contributed by atoms with Gasteiger partial charge in [-0.05, 0) is 12.8 Å². The quantitative estimate of drug-likeness (QED) is 0.616. The third-order valence-electron chi connectivity index (χ3n) is 2.42. The van der Waals surface area contributed by atoms with Crippen molar-refractivity contribution < 1.29 is 14.6 Å². The zero-order chi connectivity index (χ0) is 7.90. The van der Waals surface area contributed by atoms with Crippen LogP contribution in [0.15, 0.2) is 0 Å². The van der Waals surface area contributed by atoms with Crippen molar-refractivity contribution in [3.05, 3.63) is 0 Å². The number of halogens is 1. The van der Waals surface area contributed by atoms with Crippen molar-refractivity contribution in [3.63, 3.8) is 0 Å².